The van der Waals surface area contributed by atoms with Crippen molar-refractivity contribution in [3.63, 3.8) is 0 Å². The second-order valence-electron chi connectivity index (χ2n) is 2.91. The fourth-order valence-corrected chi connectivity index (χ4v) is 1.17. The van der Waals surface area contributed by atoms with Crippen LogP contribution in [-0.4, -0.2) is 11.8 Å². The lowest BCUT2D eigenvalue weighted by molar-refractivity contribution is 0.282. The van der Waals surface area contributed by atoms with Crippen LogP contribution in [0.1, 0.15) is 11.1 Å². The van der Waals surface area contributed by atoms with Gasteiger partial charge in [0.25, 0.3) is 0 Å². The van der Waals surface area contributed by atoms with Gasteiger partial charge in [-0.1, -0.05) is 30.8 Å². The molecule has 0 spiro atoms. The van der Waals surface area contributed by atoms with Crippen LogP contribution in [0.15, 0.2) is 47.7 Å². The Hall–Kier alpha value is -1.74. The van der Waals surface area contributed by atoms with Crippen molar-refractivity contribution in [1.82, 2.24) is 0 Å². The summed E-state index contributed by atoms with van der Waals surface area (Å²) in [6.45, 7) is 6.60. The number of aliphatic hydroxyl groups is 1. The smallest absolute Gasteiger partial charge is 0.148 e. The number of rotatable bonds is 4. The summed E-state index contributed by atoms with van der Waals surface area (Å²) < 4.78 is 13.2. The Kier molecular flexibility index (Phi) is 3.94. The minimum atomic E-state index is -0.512. The maximum Gasteiger partial charge on any atom is 0.148 e. The molecule has 0 fully saturated rings. The van der Waals surface area contributed by atoms with Gasteiger partial charge in [-0.2, -0.15) is 0 Å². The standard InChI is InChI=1S/C12H12FNO/c1-3-11(13)12(14-2)10-6-4-9(8-15)5-7-10/h3-7,15H,1-2,8H2/b12-11+. The fraction of sp³-hybridized carbons (Fsp3) is 0.0833. The van der Waals surface area contributed by atoms with Crippen molar-refractivity contribution in [1.29, 1.82) is 0 Å². The molecular formula is C12H12FNO. The first kappa shape index (κ1) is 11.3. The normalized spacial score (nSPS) is 11.9. The molecule has 0 aromatic heterocycles. The summed E-state index contributed by atoms with van der Waals surface area (Å²) in [5.74, 6) is -0.512. The highest BCUT2D eigenvalue weighted by Crippen LogP contribution is 2.21. The second kappa shape index (κ2) is 5.22. The molecule has 0 aliphatic rings. The Morgan fingerprint density at radius 1 is 1.40 bits per heavy atom. The number of hydrogen-bond acceptors (Lipinski definition) is 2. The number of aliphatic hydroxyl groups excluding tert-OH is 1. The van der Waals surface area contributed by atoms with Crippen molar-refractivity contribution in [3.05, 3.63) is 53.9 Å². The van der Waals surface area contributed by atoms with Gasteiger partial charge >= 0.3 is 0 Å². The summed E-state index contributed by atoms with van der Waals surface area (Å²) in [5, 5.41) is 8.84. The Labute approximate surface area is 88.1 Å². The van der Waals surface area contributed by atoms with Gasteiger partial charge in [0.2, 0.25) is 0 Å². The van der Waals surface area contributed by atoms with Crippen molar-refractivity contribution < 1.29 is 9.50 Å². The molecule has 78 valence electrons. The highest BCUT2D eigenvalue weighted by atomic mass is 19.1. The van der Waals surface area contributed by atoms with E-state index in [9.17, 15) is 4.39 Å². The predicted molar refractivity (Wildman–Crippen MR) is 60.1 cm³/mol. The van der Waals surface area contributed by atoms with Gasteiger partial charge in [-0.05, 0) is 18.4 Å². The Bertz CT molecular complexity index is 393. The number of halogens is 1. The Morgan fingerprint density at radius 2 is 2.00 bits per heavy atom. The largest absolute Gasteiger partial charge is 0.392 e. The Morgan fingerprint density at radius 3 is 2.40 bits per heavy atom. The number of nitrogens with zero attached hydrogens (tertiary/aromatic N) is 1. The molecule has 0 atom stereocenters. The minimum absolute atomic E-state index is 0.0369. The van der Waals surface area contributed by atoms with Gasteiger partial charge in [0.15, 0.2) is 0 Å². The number of aliphatic imine (C=N–C) groups is 1. The first-order valence-corrected chi connectivity index (χ1v) is 4.42. The van der Waals surface area contributed by atoms with Crippen LogP contribution in [-0.2, 0) is 6.61 Å². The lowest BCUT2D eigenvalue weighted by Gasteiger charge is -2.03. The monoisotopic (exact) mass is 205 g/mol. The zero-order chi connectivity index (χ0) is 11.3. The summed E-state index contributed by atoms with van der Waals surface area (Å²) in [4.78, 5) is 3.61. The van der Waals surface area contributed by atoms with E-state index in [0.717, 1.165) is 11.6 Å². The molecule has 1 N–H and O–H groups in total. The molecular weight excluding hydrogens is 193 g/mol. The molecule has 0 amide bonds. The molecule has 1 aromatic carbocycles. The average Bonchev–Trinajstić information content (AvgIpc) is 2.30. The quantitative estimate of drug-likeness (QED) is 0.595. The molecule has 0 saturated carbocycles. The van der Waals surface area contributed by atoms with E-state index in [-0.39, 0.29) is 12.3 Å². The van der Waals surface area contributed by atoms with Crippen LogP contribution in [0.5, 0.6) is 0 Å². The van der Waals surface area contributed by atoms with Crippen molar-refractivity contribution in [2.45, 2.75) is 6.61 Å². The number of benzene rings is 1. The fourth-order valence-electron chi connectivity index (χ4n) is 1.17. The van der Waals surface area contributed by atoms with Gasteiger partial charge < -0.3 is 5.11 Å². The highest BCUT2D eigenvalue weighted by Gasteiger charge is 2.04. The molecule has 0 radical (unpaired) electrons. The van der Waals surface area contributed by atoms with E-state index in [1.165, 1.54) is 0 Å². The summed E-state index contributed by atoms with van der Waals surface area (Å²) in [7, 11) is 0. The molecule has 0 aliphatic heterocycles. The van der Waals surface area contributed by atoms with Gasteiger partial charge in [0.1, 0.15) is 11.5 Å². The van der Waals surface area contributed by atoms with Gasteiger partial charge in [0, 0.05) is 5.56 Å². The van der Waals surface area contributed by atoms with E-state index >= 15 is 0 Å². The van der Waals surface area contributed by atoms with E-state index < -0.39 is 5.83 Å². The van der Waals surface area contributed by atoms with E-state index in [1.807, 2.05) is 0 Å². The molecule has 0 aliphatic carbocycles. The molecule has 1 rings (SSSR count). The Balaban J connectivity index is 3.14. The summed E-state index contributed by atoms with van der Waals surface area (Å²) in [6, 6.07) is 6.77. The van der Waals surface area contributed by atoms with Crippen molar-refractivity contribution in [3.8, 4) is 0 Å². The molecule has 3 heteroatoms. The van der Waals surface area contributed by atoms with E-state index in [2.05, 4.69) is 18.3 Å². The molecule has 0 heterocycles. The third kappa shape index (κ3) is 2.60. The van der Waals surface area contributed by atoms with Crippen LogP contribution in [0, 0.1) is 0 Å². The van der Waals surface area contributed by atoms with Crippen LogP contribution in [0.3, 0.4) is 0 Å². The molecule has 0 unspecified atom stereocenters. The first-order valence-electron chi connectivity index (χ1n) is 4.42. The highest BCUT2D eigenvalue weighted by molar-refractivity contribution is 5.71. The average molecular weight is 205 g/mol. The third-order valence-corrected chi connectivity index (χ3v) is 1.97. The van der Waals surface area contributed by atoms with Gasteiger partial charge in [-0.15, -0.1) is 0 Å². The lowest BCUT2D eigenvalue weighted by atomic mass is 10.1. The van der Waals surface area contributed by atoms with E-state index in [1.54, 1.807) is 24.3 Å². The van der Waals surface area contributed by atoms with Crippen molar-refractivity contribution in [2.24, 2.45) is 4.99 Å². The number of hydrogen-bond donors (Lipinski definition) is 1. The predicted octanol–water partition coefficient (Wildman–Crippen LogP) is 2.70. The minimum Gasteiger partial charge on any atom is -0.392 e. The van der Waals surface area contributed by atoms with Gasteiger partial charge in [-0.3, -0.25) is 4.99 Å². The van der Waals surface area contributed by atoms with Crippen LogP contribution in [0.2, 0.25) is 0 Å². The summed E-state index contributed by atoms with van der Waals surface area (Å²) in [6.07, 6.45) is 1.09. The summed E-state index contributed by atoms with van der Waals surface area (Å²) >= 11 is 0. The first-order chi connectivity index (χ1) is 7.22. The zero-order valence-corrected chi connectivity index (χ0v) is 8.28. The third-order valence-electron chi connectivity index (χ3n) is 1.97. The summed E-state index contributed by atoms with van der Waals surface area (Å²) in [5.41, 5.74) is 1.54. The topological polar surface area (TPSA) is 32.6 Å². The van der Waals surface area contributed by atoms with E-state index in [0.29, 0.717) is 5.56 Å². The van der Waals surface area contributed by atoms with Crippen LogP contribution >= 0.6 is 0 Å². The molecule has 2 nitrogen and oxygen atoms in total. The van der Waals surface area contributed by atoms with Gasteiger partial charge in [0.05, 0.1) is 6.61 Å². The SMILES string of the molecule is C=C/C(F)=C(\N=C)c1ccc(CO)cc1. The molecule has 0 bridgehead atoms. The molecule has 1 aromatic rings. The maximum atomic E-state index is 13.2. The van der Waals surface area contributed by atoms with Crippen LogP contribution < -0.4 is 0 Å². The van der Waals surface area contributed by atoms with Crippen LogP contribution in [0.4, 0.5) is 4.39 Å². The van der Waals surface area contributed by atoms with E-state index in [4.69, 9.17) is 5.11 Å². The van der Waals surface area contributed by atoms with Gasteiger partial charge in [-0.25, -0.2) is 4.39 Å². The number of allylic oxidation sites excluding steroid dienone is 2. The molecule has 0 saturated heterocycles. The zero-order valence-electron chi connectivity index (χ0n) is 8.28. The lowest BCUT2D eigenvalue weighted by Crippen LogP contribution is -1.86. The maximum absolute atomic E-state index is 13.2. The van der Waals surface area contributed by atoms with Crippen LogP contribution in [0.25, 0.3) is 5.70 Å². The van der Waals surface area contributed by atoms with Crippen molar-refractivity contribution in [2.75, 3.05) is 0 Å². The molecule has 15 heavy (non-hydrogen) atoms. The van der Waals surface area contributed by atoms with Crippen molar-refractivity contribution >= 4 is 12.4 Å². The second-order valence-corrected chi connectivity index (χ2v) is 2.91.